The molecular formula is C10H14BrClN2. The number of rotatable bonds is 5. The molecule has 0 saturated heterocycles. The normalized spacial score (nSPS) is 10.9. The quantitative estimate of drug-likeness (QED) is 0.769. The van der Waals surface area contributed by atoms with E-state index in [4.69, 9.17) is 11.6 Å². The predicted molar refractivity (Wildman–Crippen MR) is 64.0 cm³/mol. The Labute approximate surface area is 98.4 Å². The highest BCUT2D eigenvalue weighted by atomic mass is 79.9. The Morgan fingerprint density at radius 1 is 1.57 bits per heavy atom. The van der Waals surface area contributed by atoms with Crippen LogP contribution >= 0.6 is 27.5 Å². The van der Waals surface area contributed by atoms with Crippen molar-refractivity contribution in [2.45, 2.75) is 13.5 Å². The average Bonchev–Trinajstić information content (AvgIpc) is 2.20. The minimum atomic E-state index is 0.750. The number of alkyl halides is 1. The first kappa shape index (κ1) is 12.0. The summed E-state index contributed by atoms with van der Waals surface area (Å²) in [6.45, 7) is 5.11. The molecule has 1 aromatic heterocycles. The van der Waals surface area contributed by atoms with Crippen LogP contribution in [0.4, 0.5) is 0 Å². The van der Waals surface area contributed by atoms with Crippen molar-refractivity contribution in [3.05, 3.63) is 29.0 Å². The first-order chi connectivity index (χ1) is 6.77. The molecule has 0 aliphatic carbocycles. The van der Waals surface area contributed by atoms with Crippen molar-refractivity contribution in [2.75, 3.05) is 18.4 Å². The van der Waals surface area contributed by atoms with Crippen LogP contribution in [0.25, 0.3) is 0 Å². The number of halogens is 2. The number of hydrogen-bond donors (Lipinski definition) is 0. The summed E-state index contributed by atoms with van der Waals surface area (Å²) < 4.78 is 0. The lowest BCUT2D eigenvalue weighted by Gasteiger charge is -2.19. The van der Waals surface area contributed by atoms with Gasteiger partial charge in [0, 0.05) is 30.8 Å². The second-order valence-electron chi connectivity index (χ2n) is 3.02. The van der Waals surface area contributed by atoms with Crippen molar-refractivity contribution in [2.24, 2.45) is 0 Å². The van der Waals surface area contributed by atoms with Crippen LogP contribution in [0.2, 0.25) is 5.02 Å². The molecule has 4 heteroatoms. The molecule has 78 valence electrons. The molecular weight excluding hydrogens is 263 g/mol. The lowest BCUT2D eigenvalue weighted by atomic mass is 10.2. The Balaban J connectivity index is 2.62. The fourth-order valence-electron chi connectivity index (χ4n) is 1.24. The van der Waals surface area contributed by atoms with Gasteiger partial charge in [-0.15, -0.1) is 0 Å². The van der Waals surface area contributed by atoms with Gasteiger partial charge in [0.25, 0.3) is 0 Å². The zero-order valence-corrected chi connectivity index (χ0v) is 10.6. The zero-order chi connectivity index (χ0) is 10.4. The maximum Gasteiger partial charge on any atom is 0.0634 e. The number of pyridine rings is 1. The Morgan fingerprint density at radius 3 is 2.93 bits per heavy atom. The molecule has 0 saturated carbocycles. The van der Waals surface area contributed by atoms with Gasteiger partial charge in [-0.1, -0.05) is 34.5 Å². The summed E-state index contributed by atoms with van der Waals surface area (Å²) in [5.74, 6) is 0. The van der Waals surface area contributed by atoms with Gasteiger partial charge in [0.05, 0.1) is 5.02 Å². The molecule has 1 aromatic rings. The van der Waals surface area contributed by atoms with E-state index in [2.05, 4.69) is 32.7 Å². The van der Waals surface area contributed by atoms with Gasteiger partial charge >= 0.3 is 0 Å². The van der Waals surface area contributed by atoms with Gasteiger partial charge < -0.3 is 0 Å². The lowest BCUT2D eigenvalue weighted by molar-refractivity contribution is 0.299. The minimum absolute atomic E-state index is 0.750. The summed E-state index contributed by atoms with van der Waals surface area (Å²) in [6.07, 6.45) is 3.47. The molecule has 0 aliphatic rings. The van der Waals surface area contributed by atoms with Gasteiger partial charge in [-0.2, -0.15) is 0 Å². The van der Waals surface area contributed by atoms with Crippen LogP contribution in [0.1, 0.15) is 12.5 Å². The Bertz CT molecular complexity index is 281. The molecule has 0 fully saturated rings. The van der Waals surface area contributed by atoms with Crippen LogP contribution in [0, 0.1) is 0 Å². The van der Waals surface area contributed by atoms with Crippen LogP contribution in [0.3, 0.4) is 0 Å². The maximum atomic E-state index is 6.02. The molecule has 0 amide bonds. The highest BCUT2D eigenvalue weighted by Gasteiger charge is 2.05. The van der Waals surface area contributed by atoms with Crippen molar-refractivity contribution in [1.29, 1.82) is 0 Å². The second-order valence-corrected chi connectivity index (χ2v) is 4.23. The van der Waals surface area contributed by atoms with E-state index in [9.17, 15) is 0 Å². The van der Waals surface area contributed by atoms with Crippen LogP contribution in [0.5, 0.6) is 0 Å². The third kappa shape index (κ3) is 3.56. The van der Waals surface area contributed by atoms with E-state index in [1.807, 2.05) is 6.07 Å². The number of aromatic nitrogens is 1. The standard InChI is InChI=1S/C10H14BrClN2/c1-2-14(6-4-11)8-9-3-5-13-7-10(9)12/h3,5,7H,2,4,6,8H2,1H3. The van der Waals surface area contributed by atoms with Gasteiger partial charge in [-0.05, 0) is 18.2 Å². The summed E-state index contributed by atoms with van der Waals surface area (Å²) in [6, 6.07) is 1.97. The Morgan fingerprint density at radius 2 is 2.36 bits per heavy atom. The molecule has 1 rings (SSSR count). The van der Waals surface area contributed by atoms with E-state index in [0.29, 0.717) is 0 Å². The van der Waals surface area contributed by atoms with E-state index in [1.54, 1.807) is 12.4 Å². The SMILES string of the molecule is CCN(CCBr)Cc1ccncc1Cl. The largest absolute Gasteiger partial charge is 0.298 e. The summed E-state index contributed by atoms with van der Waals surface area (Å²) in [7, 11) is 0. The highest BCUT2D eigenvalue weighted by Crippen LogP contribution is 2.15. The van der Waals surface area contributed by atoms with Crippen molar-refractivity contribution < 1.29 is 0 Å². The second kappa shape index (κ2) is 6.38. The van der Waals surface area contributed by atoms with E-state index in [-0.39, 0.29) is 0 Å². The lowest BCUT2D eigenvalue weighted by Crippen LogP contribution is -2.24. The fraction of sp³-hybridized carbons (Fsp3) is 0.500. The van der Waals surface area contributed by atoms with E-state index in [1.165, 1.54) is 0 Å². The van der Waals surface area contributed by atoms with Crippen LogP contribution < -0.4 is 0 Å². The molecule has 0 aromatic carbocycles. The Hall–Kier alpha value is -0.120. The van der Waals surface area contributed by atoms with Crippen LogP contribution in [0.15, 0.2) is 18.5 Å². The summed E-state index contributed by atoms with van der Waals surface area (Å²) in [5.41, 5.74) is 1.14. The zero-order valence-electron chi connectivity index (χ0n) is 8.21. The van der Waals surface area contributed by atoms with E-state index < -0.39 is 0 Å². The monoisotopic (exact) mass is 276 g/mol. The maximum absolute atomic E-state index is 6.02. The third-order valence-electron chi connectivity index (χ3n) is 2.10. The van der Waals surface area contributed by atoms with Crippen molar-refractivity contribution >= 4 is 27.5 Å². The van der Waals surface area contributed by atoms with Crippen LogP contribution in [-0.4, -0.2) is 28.3 Å². The topological polar surface area (TPSA) is 16.1 Å². The van der Waals surface area contributed by atoms with Crippen molar-refractivity contribution in [3.63, 3.8) is 0 Å². The van der Waals surface area contributed by atoms with Gasteiger partial charge in [0.1, 0.15) is 0 Å². The summed E-state index contributed by atoms with van der Waals surface area (Å²) in [4.78, 5) is 6.29. The highest BCUT2D eigenvalue weighted by molar-refractivity contribution is 9.09. The van der Waals surface area contributed by atoms with Crippen LogP contribution in [-0.2, 0) is 6.54 Å². The molecule has 0 bridgehead atoms. The fourth-order valence-corrected chi connectivity index (χ4v) is 1.92. The van der Waals surface area contributed by atoms with Gasteiger partial charge in [0.2, 0.25) is 0 Å². The van der Waals surface area contributed by atoms with Crippen molar-refractivity contribution in [1.82, 2.24) is 9.88 Å². The molecule has 0 spiro atoms. The molecule has 0 atom stereocenters. The first-order valence-electron chi connectivity index (χ1n) is 4.64. The molecule has 0 N–H and O–H groups in total. The minimum Gasteiger partial charge on any atom is -0.298 e. The molecule has 0 unspecified atom stereocenters. The average molecular weight is 278 g/mol. The first-order valence-corrected chi connectivity index (χ1v) is 6.14. The van der Waals surface area contributed by atoms with Gasteiger partial charge in [-0.25, -0.2) is 0 Å². The van der Waals surface area contributed by atoms with Crippen molar-refractivity contribution in [3.8, 4) is 0 Å². The summed E-state index contributed by atoms with van der Waals surface area (Å²) >= 11 is 9.46. The van der Waals surface area contributed by atoms with Gasteiger partial charge in [-0.3, -0.25) is 9.88 Å². The molecule has 0 aliphatic heterocycles. The number of hydrogen-bond acceptors (Lipinski definition) is 2. The predicted octanol–water partition coefficient (Wildman–Crippen LogP) is 2.95. The molecule has 2 nitrogen and oxygen atoms in total. The molecule has 0 radical (unpaired) electrons. The smallest absolute Gasteiger partial charge is 0.0634 e. The summed E-state index contributed by atoms with van der Waals surface area (Å²) in [5, 5.41) is 1.74. The third-order valence-corrected chi connectivity index (χ3v) is 2.79. The van der Waals surface area contributed by atoms with E-state index in [0.717, 1.165) is 35.6 Å². The van der Waals surface area contributed by atoms with E-state index >= 15 is 0 Å². The number of nitrogens with zero attached hydrogens (tertiary/aromatic N) is 2. The Kier molecular flexibility index (Phi) is 5.45. The molecule has 14 heavy (non-hydrogen) atoms. The van der Waals surface area contributed by atoms with Gasteiger partial charge in [0.15, 0.2) is 0 Å². The molecule has 1 heterocycles.